The van der Waals surface area contributed by atoms with E-state index in [9.17, 15) is 0 Å². The maximum atomic E-state index is 4.47. The van der Waals surface area contributed by atoms with Crippen molar-refractivity contribution in [3.05, 3.63) is 29.1 Å². The van der Waals surface area contributed by atoms with Gasteiger partial charge in [0.25, 0.3) is 0 Å². The topological polar surface area (TPSA) is 12.9 Å². The molecule has 0 N–H and O–H groups in total. The Hall–Kier alpha value is -0.850. The largest absolute Gasteiger partial charge is 0.261 e. The second kappa shape index (κ2) is 2.89. The minimum atomic E-state index is 0.792. The van der Waals surface area contributed by atoms with E-state index in [0.717, 1.165) is 12.3 Å². The van der Waals surface area contributed by atoms with Gasteiger partial charge in [0.15, 0.2) is 0 Å². The summed E-state index contributed by atoms with van der Waals surface area (Å²) < 4.78 is 0. The molecule has 0 bridgehead atoms. The van der Waals surface area contributed by atoms with Crippen molar-refractivity contribution in [1.82, 2.24) is 4.98 Å². The Bertz CT molecular complexity index is 287. The van der Waals surface area contributed by atoms with E-state index in [-0.39, 0.29) is 0 Å². The van der Waals surface area contributed by atoms with Gasteiger partial charge in [-0.2, -0.15) is 0 Å². The summed E-state index contributed by atoms with van der Waals surface area (Å²) in [6.07, 6.45) is 5.78. The van der Waals surface area contributed by atoms with Crippen LogP contribution < -0.4 is 0 Å². The van der Waals surface area contributed by atoms with Gasteiger partial charge < -0.3 is 0 Å². The standard InChI is InChI=1S/C11H15N/c1-3-10-8(2)6-7-12-11(10)9-4-5-9/h6-7,9H,3-5H2,1-2H3. The molecule has 2 rings (SSSR count). The molecular weight excluding hydrogens is 146 g/mol. The number of pyridine rings is 1. The van der Waals surface area contributed by atoms with Crippen LogP contribution in [0.15, 0.2) is 12.3 Å². The Kier molecular flexibility index (Phi) is 1.87. The minimum absolute atomic E-state index is 0.792. The summed E-state index contributed by atoms with van der Waals surface area (Å²) >= 11 is 0. The number of nitrogens with zero attached hydrogens (tertiary/aromatic N) is 1. The van der Waals surface area contributed by atoms with Crippen molar-refractivity contribution < 1.29 is 0 Å². The summed E-state index contributed by atoms with van der Waals surface area (Å²) in [6, 6.07) is 2.12. The van der Waals surface area contributed by atoms with E-state index >= 15 is 0 Å². The quantitative estimate of drug-likeness (QED) is 0.650. The van der Waals surface area contributed by atoms with E-state index in [4.69, 9.17) is 0 Å². The van der Waals surface area contributed by atoms with E-state index in [1.807, 2.05) is 6.20 Å². The molecule has 1 aliphatic rings. The van der Waals surface area contributed by atoms with Gasteiger partial charge in [-0.15, -0.1) is 0 Å². The summed E-state index contributed by atoms with van der Waals surface area (Å²) in [5, 5.41) is 0. The molecule has 0 aromatic carbocycles. The highest BCUT2D eigenvalue weighted by Gasteiger charge is 2.27. The van der Waals surface area contributed by atoms with Crippen LogP contribution in [0.1, 0.15) is 42.5 Å². The maximum Gasteiger partial charge on any atom is 0.0468 e. The van der Waals surface area contributed by atoms with Crippen LogP contribution in [0.5, 0.6) is 0 Å². The summed E-state index contributed by atoms with van der Waals surface area (Å²) in [5.74, 6) is 0.792. The second-order valence-electron chi connectivity index (χ2n) is 3.62. The molecular formula is C11H15N. The van der Waals surface area contributed by atoms with Crippen LogP contribution >= 0.6 is 0 Å². The van der Waals surface area contributed by atoms with Gasteiger partial charge in [-0.1, -0.05) is 6.92 Å². The molecule has 1 fully saturated rings. The first-order valence-electron chi connectivity index (χ1n) is 4.77. The molecule has 1 saturated carbocycles. The van der Waals surface area contributed by atoms with Gasteiger partial charge in [-0.05, 0) is 43.4 Å². The van der Waals surface area contributed by atoms with Crippen LogP contribution in [0.4, 0.5) is 0 Å². The van der Waals surface area contributed by atoms with Gasteiger partial charge in [0.05, 0.1) is 0 Å². The molecule has 0 saturated heterocycles. The van der Waals surface area contributed by atoms with E-state index in [1.54, 1.807) is 0 Å². The van der Waals surface area contributed by atoms with Crippen LogP contribution in [-0.2, 0) is 6.42 Å². The normalized spacial score (nSPS) is 16.5. The summed E-state index contributed by atoms with van der Waals surface area (Å²) in [6.45, 7) is 4.41. The number of hydrogen-bond acceptors (Lipinski definition) is 1. The fraction of sp³-hybridized carbons (Fsp3) is 0.545. The lowest BCUT2D eigenvalue weighted by Crippen LogP contribution is -1.97. The van der Waals surface area contributed by atoms with Crippen molar-refractivity contribution in [2.24, 2.45) is 0 Å². The number of aryl methyl sites for hydroxylation is 1. The van der Waals surface area contributed by atoms with Crippen molar-refractivity contribution in [2.75, 3.05) is 0 Å². The van der Waals surface area contributed by atoms with E-state index in [0.29, 0.717) is 0 Å². The molecule has 1 aliphatic carbocycles. The number of hydrogen-bond donors (Lipinski definition) is 0. The highest BCUT2D eigenvalue weighted by molar-refractivity contribution is 5.33. The molecule has 64 valence electrons. The summed E-state index contributed by atoms with van der Waals surface area (Å²) in [7, 11) is 0. The molecule has 0 aliphatic heterocycles. The lowest BCUT2D eigenvalue weighted by Gasteiger charge is -2.07. The molecule has 0 amide bonds. The first-order valence-corrected chi connectivity index (χ1v) is 4.77. The van der Waals surface area contributed by atoms with Crippen molar-refractivity contribution in [3.63, 3.8) is 0 Å². The molecule has 1 heteroatoms. The SMILES string of the molecule is CCc1c(C)ccnc1C1CC1. The van der Waals surface area contributed by atoms with Gasteiger partial charge in [-0.25, -0.2) is 0 Å². The molecule has 1 aromatic heterocycles. The molecule has 1 nitrogen and oxygen atoms in total. The van der Waals surface area contributed by atoms with Crippen molar-refractivity contribution in [2.45, 2.75) is 39.0 Å². The Morgan fingerprint density at radius 2 is 2.25 bits per heavy atom. The summed E-state index contributed by atoms with van der Waals surface area (Å²) in [5.41, 5.74) is 4.27. The number of aromatic nitrogens is 1. The van der Waals surface area contributed by atoms with E-state index < -0.39 is 0 Å². The molecule has 1 aromatic rings. The lowest BCUT2D eigenvalue weighted by molar-refractivity contribution is 0.939. The first-order chi connectivity index (χ1) is 5.83. The Morgan fingerprint density at radius 3 is 2.83 bits per heavy atom. The van der Waals surface area contributed by atoms with Crippen LogP contribution in [0, 0.1) is 6.92 Å². The van der Waals surface area contributed by atoms with E-state index in [2.05, 4.69) is 24.9 Å². The third kappa shape index (κ3) is 1.24. The first kappa shape index (κ1) is 7.78. The Morgan fingerprint density at radius 1 is 1.50 bits per heavy atom. The van der Waals surface area contributed by atoms with Crippen molar-refractivity contribution >= 4 is 0 Å². The monoisotopic (exact) mass is 161 g/mol. The average Bonchev–Trinajstić information content (AvgIpc) is 2.86. The van der Waals surface area contributed by atoms with Crippen molar-refractivity contribution in [3.8, 4) is 0 Å². The molecule has 0 spiro atoms. The second-order valence-corrected chi connectivity index (χ2v) is 3.62. The number of rotatable bonds is 2. The molecule has 0 radical (unpaired) electrons. The fourth-order valence-corrected chi connectivity index (χ4v) is 1.78. The zero-order chi connectivity index (χ0) is 8.55. The smallest absolute Gasteiger partial charge is 0.0468 e. The van der Waals surface area contributed by atoms with E-state index in [1.165, 1.54) is 29.7 Å². The minimum Gasteiger partial charge on any atom is -0.261 e. The Labute approximate surface area is 73.8 Å². The average molecular weight is 161 g/mol. The van der Waals surface area contributed by atoms with Crippen LogP contribution in [0.2, 0.25) is 0 Å². The van der Waals surface area contributed by atoms with Gasteiger partial charge >= 0.3 is 0 Å². The molecule has 0 atom stereocenters. The summed E-state index contributed by atoms with van der Waals surface area (Å²) in [4.78, 5) is 4.47. The van der Waals surface area contributed by atoms with Crippen LogP contribution in [0.3, 0.4) is 0 Å². The third-order valence-electron chi connectivity index (χ3n) is 2.64. The predicted molar refractivity (Wildman–Crippen MR) is 50.3 cm³/mol. The van der Waals surface area contributed by atoms with Gasteiger partial charge in [0, 0.05) is 17.8 Å². The van der Waals surface area contributed by atoms with Crippen LogP contribution in [-0.4, -0.2) is 4.98 Å². The van der Waals surface area contributed by atoms with Crippen molar-refractivity contribution in [1.29, 1.82) is 0 Å². The zero-order valence-electron chi connectivity index (χ0n) is 7.80. The maximum absolute atomic E-state index is 4.47. The van der Waals surface area contributed by atoms with Gasteiger partial charge in [-0.3, -0.25) is 4.98 Å². The molecule has 0 unspecified atom stereocenters. The third-order valence-corrected chi connectivity index (χ3v) is 2.64. The molecule has 1 heterocycles. The highest BCUT2D eigenvalue weighted by atomic mass is 14.7. The predicted octanol–water partition coefficient (Wildman–Crippen LogP) is 2.83. The lowest BCUT2D eigenvalue weighted by atomic mass is 10.0. The van der Waals surface area contributed by atoms with Gasteiger partial charge in [0.2, 0.25) is 0 Å². The Balaban J connectivity index is 2.43. The zero-order valence-corrected chi connectivity index (χ0v) is 7.80. The van der Waals surface area contributed by atoms with Crippen LogP contribution in [0.25, 0.3) is 0 Å². The molecule has 12 heavy (non-hydrogen) atoms. The highest BCUT2D eigenvalue weighted by Crippen LogP contribution is 2.41. The fourth-order valence-electron chi connectivity index (χ4n) is 1.78. The van der Waals surface area contributed by atoms with Gasteiger partial charge in [0.1, 0.15) is 0 Å².